The minimum Gasteiger partial charge on any atom is -0.352 e. The predicted octanol–water partition coefficient (Wildman–Crippen LogP) is 3.26. The van der Waals surface area contributed by atoms with Gasteiger partial charge in [0.05, 0.1) is 0 Å². The molecular formula is C21H19ClN2O2. The van der Waals surface area contributed by atoms with Crippen molar-refractivity contribution in [2.45, 2.75) is 18.9 Å². The van der Waals surface area contributed by atoms with E-state index in [2.05, 4.69) is 17.4 Å². The highest BCUT2D eigenvalue weighted by atomic mass is 35.5. The van der Waals surface area contributed by atoms with Gasteiger partial charge in [0.25, 0.3) is 0 Å². The number of rotatable bonds is 2. The van der Waals surface area contributed by atoms with Gasteiger partial charge in [-0.1, -0.05) is 48.0 Å². The number of benzene rings is 2. The van der Waals surface area contributed by atoms with Crippen LogP contribution in [-0.4, -0.2) is 29.8 Å². The van der Waals surface area contributed by atoms with Crippen LogP contribution in [0.2, 0.25) is 5.02 Å². The molecule has 0 unspecified atom stereocenters. The van der Waals surface area contributed by atoms with Crippen molar-refractivity contribution in [2.75, 3.05) is 13.1 Å². The molecule has 2 aliphatic rings. The van der Waals surface area contributed by atoms with Gasteiger partial charge in [0, 0.05) is 42.2 Å². The van der Waals surface area contributed by atoms with Crippen LogP contribution in [0.15, 0.2) is 60.2 Å². The van der Waals surface area contributed by atoms with Gasteiger partial charge in [-0.25, -0.2) is 0 Å². The summed E-state index contributed by atoms with van der Waals surface area (Å²) < 4.78 is 0. The van der Waals surface area contributed by atoms with Crippen molar-refractivity contribution in [3.05, 3.63) is 81.9 Å². The Bertz CT molecular complexity index is 906. The third kappa shape index (κ3) is 3.25. The van der Waals surface area contributed by atoms with Crippen molar-refractivity contribution in [3.63, 3.8) is 0 Å². The van der Waals surface area contributed by atoms with Crippen molar-refractivity contribution < 1.29 is 9.59 Å². The largest absolute Gasteiger partial charge is 0.352 e. The average molecular weight is 367 g/mol. The van der Waals surface area contributed by atoms with Crippen LogP contribution < -0.4 is 5.32 Å². The van der Waals surface area contributed by atoms with E-state index in [1.54, 1.807) is 0 Å². The Morgan fingerprint density at radius 1 is 1.19 bits per heavy atom. The summed E-state index contributed by atoms with van der Waals surface area (Å²) in [5.74, 6) is -0.181. The van der Waals surface area contributed by atoms with Crippen LogP contribution in [0.4, 0.5) is 0 Å². The Morgan fingerprint density at radius 2 is 2.04 bits per heavy atom. The molecule has 2 aromatic rings. The molecule has 0 aromatic heterocycles. The Morgan fingerprint density at radius 3 is 2.81 bits per heavy atom. The van der Waals surface area contributed by atoms with E-state index in [0.717, 1.165) is 11.1 Å². The van der Waals surface area contributed by atoms with Crippen molar-refractivity contribution in [2.24, 2.45) is 0 Å². The van der Waals surface area contributed by atoms with Crippen LogP contribution in [0.5, 0.6) is 0 Å². The highest BCUT2D eigenvalue weighted by Crippen LogP contribution is 2.34. The number of carbonyl (C=O) groups excluding carboxylic acids is 2. The van der Waals surface area contributed by atoms with Crippen molar-refractivity contribution in [1.82, 2.24) is 10.2 Å². The second-order valence-electron chi connectivity index (χ2n) is 6.70. The van der Waals surface area contributed by atoms with Crippen LogP contribution in [0.25, 0.3) is 0 Å². The highest BCUT2D eigenvalue weighted by molar-refractivity contribution is 6.30. The van der Waals surface area contributed by atoms with Gasteiger partial charge in [0.15, 0.2) is 0 Å². The average Bonchev–Trinajstić information content (AvgIpc) is 3.05. The van der Waals surface area contributed by atoms with Gasteiger partial charge in [-0.15, -0.1) is 0 Å². The molecule has 2 aliphatic heterocycles. The molecule has 0 radical (unpaired) electrons. The van der Waals surface area contributed by atoms with Crippen molar-refractivity contribution >= 4 is 23.4 Å². The first-order valence-electron chi connectivity index (χ1n) is 8.73. The van der Waals surface area contributed by atoms with Crippen LogP contribution in [-0.2, 0) is 16.1 Å². The summed E-state index contributed by atoms with van der Waals surface area (Å²) in [7, 11) is 0. The Hall–Kier alpha value is -2.59. The van der Waals surface area contributed by atoms with E-state index in [4.69, 9.17) is 11.6 Å². The third-order valence-corrected chi connectivity index (χ3v) is 5.26. The molecule has 2 amide bonds. The fourth-order valence-corrected chi connectivity index (χ4v) is 3.90. The zero-order valence-corrected chi connectivity index (χ0v) is 15.0. The van der Waals surface area contributed by atoms with E-state index in [1.807, 2.05) is 41.3 Å². The van der Waals surface area contributed by atoms with E-state index in [-0.39, 0.29) is 17.7 Å². The first-order chi connectivity index (χ1) is 12.6. The fraction of sp³-hybridized carbons (Fsp3) is 0.238. The lowest BCUT2D eigenvalue weighted by Gasteiger charge is -2.34. The lowest BCUT2D eigenvalue weighted by Crippen LogP contribution is -2.38. The van der Waals surface area contributed by atoms with Gasteiger partial charge in [0.1, 0.15) is 0 Å². The van der Waals surface area contributed by atoms with Crippen LogP contribution in [0.3, 0.4) is 0 Å². The van der Waals surface area contributed by atoms with E-state index in [9.17, 15) is 9.59 Å². The second-order valence-corrected chi connectivity index (χ2v) is 7.14. The molecule has 4 rings (SSSR count). The summed E-state index contributed by atoms with van der Waals surface area (Å²) in [6.07, 6.45) is 2.10. The SMILES string of the molecule is O=C1NCC/C1=C/C(=O)N1Cc2ccccc2[C@H](c2cccc(Cl)c2)C1. The monoisotopic (exact) mass is 366 g/mol. The molecule has 1 fully saturated rings. The first kappa shape index (κ1) is 16.9. The molecule has 4 nitrogen and oxygen atoms in total. The second kappa shape index (κ2) is 6.96. The summed E-state index contributed by atoms with van der Waals surface area (Å²) in [5.41, 5.74) is 4.01. The van der Waals surface area contributed by atoms with E-state index < -0.39 is 0 Å². The smallest absolute Gasteiger partial charge is 0.247 e. The lowest BCUT2D eigenvalue weighted by molar-refractivity contribution is -0.127. The molecule has 0 saturated carbocycles. The Labute approximate surface area is 157 Å². The quantitative estimate of drug-likeness (QED) is 0.829. The summed E-state index contributed by atoms with van der Waals surface area (Å²) in [5, 5.41) is 3.43. The maximum Gasteiger partial charge on any atom is 0.247 e. The van der Waals surface area contributed by atoms with Gasteiger partial charge in [-0.3, -0.25) is 9.59 Å². The van der Waals surface area contributed by atoms with Gasteiger partial charge >= 0.3 is 0 Å². The molecule has 2 heterocycles. The maximum absolute atomic E-state index is 12.8. The Kier molecular flexibility index (Phi) is 4.51. The number of nitrogens with one attached hydrogen (secondary N) is 1. The molecule has 132 valence electrons. The number of fused-ring (bicyclic) bond motifs is 1. The molecule has 0 bridgehead atoms. The van der Waals surface area contributed by atoms with Gasteiger partial charge < -0.3 is 10.2 Å². The first-order valence-corrected chi connectivity index (χ1v) is 9.10. The molecule has 0 spiro atoms. The maximum atomic E-state index is 12.8. The minimum absolute atomic E-state index is 0.0680. The van der Waals surface area contributed by atoms with Crippen molar-refractivity contribution in [3.8, 4) is 0 Å². The Balaban J connectivity index is 1.67. The topological polar surface area (TPSA) is 49.4 Å². The number of amides is 2. The predicted molar refractivity (Wildman–Crippen MR) is 101 cm³/mol. The zero-order valence-electron chi connectivity index (χ0n) is 14.2. The number of nitrogens with zero attached hydrogens (tertiary/aromatic N) is 1. The summed E-state index contributed by atoms with van der Waals surface area (Å²) in [4.78, 5) is 26.4. The zero-order chi connectivity index (χ0) is 18.1. The van der Waals surface area contributed by atoms with Gasteiger partial charge in [0.2, 0.25) is 11.8 Å². The molecule has 26 heavy (non-hydrogen) atoms. The van der Waals surface area contributed by atoms with E-state index >= 15 is 0 Å². The normalized spacial score (nSPS) is 20.8. The summed E-state index contributed by atoms with van der Waals surface area (Å²) >= 11 is 6.19. The van der Waals surface area contributed by atoms with Crippen molar-refractivity contribution in [1.29, 1.82) is 0 Å². The minimum atomic E-state index is -0.137. The molecule has 1 atom stereocenters. The van der Waals surface area contributed by atoms with Crippen LogP contribution >= 0.6 is 11.6 Å². The number of hydrogen-bond donors (Lipinski definition) is 1. The standard InChI is InChI=1S/C21H19ClN2O2/c22-17-6-3-5-14(10-17)19-13-24(12-16-4-1-2-7-18(16)19)20(25)11-15-8-9-23-21(15)26/h1-7,10-11,19H,8-9,12-13H2,(H,23,26)/b15-11-/t19-/m0/s1. The molecule has 5 heteroatoms. The molecule has 2 aromatic carbocycles. The van der Waals surface area contributed by atoms with Gasteiger partial charge in [-0.2, -0.15) is 0 Å². The fourth-order valence-electron chi connectivity index (χ4n) is 3.70. The lowest BCUT2D eigenvalue weighted by atomic mass is 9.84. The summed E-state index contributed by atoms with van der Waals surface area (Å²) in [6.45, 7) is 1.73. The van der Waals surface area contributed by atoms with Gasteiger partial charge in [-0.05, 0) is 35.2 Å². The van der Waals surface area contributed by atoms with Crippen LogP contribution in [0.1, 0.15) is 29.0 Å². The van der Waals surface area contributed by atoms with Crippen LogP contribution in [0, 0.1) is 0 Å². The number of carbonyl (C=O) groups is 2. The molecule has 1 saturated heterocycles. The number of halogens is 1. The number of hydrogen-bond acceptors (Lipinski definition) is 2. The highest BCUT2D eigenvalue weighted by Gasteiger charge is 2.29. The van der Waals surface area contributed by atoms with E-state index in [1.165, 1.54) is 11.6 Å². The molecule has 0 aliphatic carbocycles. The third-order valence-electron chi connectivity index (χ3n) is 5.03. The molecular weight excluding hydrogens is 348 g/mol. The summed E-state index contributed by atoms with van der Waals surface area (Å²) in [6, 6.07) is 16.0. The molecule has 1 N–H and O–H groups in total. The van der Waals surface area contributed by atoms with E-state index in [0.29, 0.717) is 36.7 Å².